The number of carbonyl (C=O) groups excluding carboxylic acids is 2. The number of carbonyl (C=O) groups is 3. The molecular formula is C20H22N4O5. The first-order chi connectivity index (χ1) is 13.6. The Balaban J connectivity index is 2.17. The molecule has 0 aliphatic carbocycles. The number of rotatable bonds is 6. The average molecular weight is 398 g/mol. The summed E-state index contributed by atoms with van der Waals surface area (Å²) in [4.78, 5) is 37.6. The molecule has 0 aliphatic rings. The summed E-state index contributed by atoms with van der Waals surface area (Å²) in [6, 6.07) is 11.9. The van der Waals surface area contributed by atoms with Gasteiger partial charge in [0.1, 0.15) is 5.75 Å². The minimum atomic E-state index is -1.76. The van der Waals surface area contributed by atoms with E-state index >= 15 is 0 Å². The topological polar surface area (TPSA) is 146 Å². The number of hydrogen-bond donors (Lipinski definition) is 4. The normalized spacial score (nSPS) is 12.4. The predicted octanol–water partition coefficient (Wildman–Crippen LogP) is 1.64. The predicted molar refractivity (Wildman–Crippen MR) is 107 cm³/mol. The Morgan fingerprint density at radius 3 is 2.07 bits per heavy atom. The zero-order valence-electron chi connectivity index (χ0n) is 16.2. The smallest absolute Gasteiger partial charge is 0.343 e. The van der Waals surface area contributed by atoms with Crippen molar-refractivity contribution in [3.63, 3.8) is 0 Å². The van der Waals surface area contributed by atoms with Gasteiger partial charge in [-0.15, -0.1) is 0 Å². The third-order valence-electron chi connectivity index (χ3n) is 4.30. The molecule has 0 spiro atoms. The van der Waals surface area contributed by atoms with E-state index in [9.17, 15) is 19.5 Å². The van der Waals surface area contributed by atoms with E-state index in [1.54, 1.807) is 12.1 Å². The summed E-state index contributed by atoms with van der Waals surface area (Å²) >= 11 is 0. The lowest BCUT2D eigenvalue weighted by molar-refractivity contribution is -0.152. The first-order valence-electron chi connectivity index (χ1n) is 8.54. The fourth-order valence-electron chi connectivity index (χ4n) is 2.65. The van der Waals surface area contributed by atoms with Crippen molar-refractivity contribution >= 4 is 29.5 Å². The number of carboxylic acid groups (broad SMARTS) is 1. The van der Waals surface area contributed by atoms with Crippen molar-refractivity contribution < 1.29 is 24.2 Å². The molecule has 1 atom stereocenters. The van der Waals surface area contributed by atoms with Crippen molar-refractivity contribution in [3.05, 3.63) is 59.7 Å². The van der Waals surface area contributed by atoms with Crippen molar-refractivity contribution in [2.45, 2.75) is 12.3 Å². The summed E-state index contributed by atoms with van der Waals surface area (Å²) in [5.41, 5.74) is 4.58. The Hall–Kier alpha value is -3.88. The lowest BCUT2D eigenvalue weighted by Gasteiger charge is -2.27. The number of hydrogen-bond acceptors (Lipinski definition) is 5. The molecule has 9 heteroatoms. The summed E-state index contributed by atoms with van der Waals surface area (Å²) < 4.78 is 5.29. The van der Waals surface area contributed by atoms with E-state index in [1.165, 1.54) is 62.3 Å². The lowest BCUT2D eigenvalue weighted by Crippen LogP contribution is -2.47. The number of esters is 1. The SMILES string of the molecule is CN(C)C(=O)C(C)(C(=O)O)c1ccc(OC(=O)c2ccc(NC(=N)N)cc2)cc1. The van der Waals surface area contributed by atoms with Crippen LogP contribution in [0.1, 0.15) is 22.8 Å². The summed E-state index contributed by atoms with van der Waals surface area (Å²) in [6.07, 6.45) is 0. The van der Waals surface area contributed by atoms with E-state index in [1.807, 2.05) is 0 Å². The molecule has 2 rings (SSSR count). The van der Waals surface area contributed by atoms with Crippen LogP contribution in [0.15, 0.2) is 48.5 Å². The van der Waals surface area contributed by atoms with Gasteiger partial charge in [0.25, 0.3) is 0 Å². The number of nitrogens with one attached hydrogen (secondary N) is 2. The van der Waals surface area contributed by atoms with Crippen molar-refractivity contribution in [2.24, 2.45) is 5.73 Å². The first-order valence-corrected chi connectivity index (χ1v) is 8.54. The third-order valence-corrected chi connectivity index (χ3v) is 4.30. The molecule has 0 bridgehead atoms. The maximum atomic E-state index is 12.4. The summed E-state index contributed by atoms with van der Waals surface area (Å²) in [6.45, 7) is 1.33. The third kappa shape index (κ3) is 4.70. The van der Waals surface area contributed by atoms with E-state index in [0.29, 0.717) is 5.69 Å². The number of nitrogens with zero attached hydrogens (tertiary/aromatic N) is 1. The molecule has 0 radical (unpaired) electrons. The van der Waals surface area contributed by atoms with Crippen LogP contribution in [-0.4, -0.2) is 47.9 Å². The Labute approximate surface area is 167 Å². The molecule has 0 aromatic heterocycles. The van der Waals surface area contributed by atoms with Crippen LogP contribution >= 0.6 is 0 Å². The number of aliphatic carboxylic acids is 1. The van der Waals surface area contributed by atoms with Gasteiger partial charge in [0.2, 0.25) is 5.91 Å². The van der Waals surface area contributed by atoms with Crippen molar-refractivity contribution in [1.82, 2.24) is 4.90 Å². The maximum Gasteiger partial charge on any atom is 0.343 e. The second-order valence-electron chi connectivity index (χ2n) is 6.66. The van der Waals surface area contributed by atoms with Gasteiger partial charge in [-0.1, -0.05) is 12.1 Å². The van der Waals surface area contributed by atoms with Gasteiger partial charge < -0.3 is 25.8 Å². The highest BCUT2D eigenvalue weighted by molar-refractivity contribution is 6.07. The molecule has 29 heavy (non-hydrogen) atoms. The van der Waals surface area contributed by atoms with Crippen LogP contribution in [0, 0.1) is 5.41 Å². The minimum absolute atomic E-state index is 0.203. The van der Waals surface area contributed by atoms with E-state index < -0.39 is 23.3 Å². The van der Waals surface area contributed by atoms with Gasteiger partial charge in [0, 0.05) is 19.8 Å². The van der Waals surface area contributed by atoms with E-state index in [2.05, 4.69) is 5.32 Å². The van der Waals surface area contributed by atoms with Crippen LogP contribution in [0.5, 0.6) is 5.75 Å². The van der Waals surface area contributed by atoms with Gasteiger partial charge in [0.05, 0.1) is 5.56 Å². The fraction of sp³-hybridized carbons (Fsp3) is 0.200. The molecule has 1 unspecified atom stereocenters. The lowest BCUT2D eigenvalue weighted by atomic mass is 9.81. The highest BCUT2D eigenvalue weighted by atomic mass is 16.5. The van der Waals surface area contributed by atoms with Gasteiger partial charge in [-0.25, -0.2) is 4.79 Å². The monoisotopic (exact) mass is 398 g/mol. The van der Waals surface area contributed by atoms with Gasteiger partial charge in [-0.2, -0.15) is 0 Å². The summed E-state index contributed by atoms with van der Waals surface area (Å²) in [7, 11) is 2.97. The fourth-order valence-corrected chi connectivity index (χ4v) is 2.65. The van der Waals surface area contributed by atoms with Crippen LogP contribution in [0.25, 0.3) is 0 Å². The number of anilines is 1. The molecule has 0 saturated heterocycles. The summed E-state index contributed by atoms with van der Waals surface area (Å²) in [5, 5.41) is 19.4. The summed E-state index contributed by atoms with van der Waals surface area (Å²) in [5.74, 6) is -2.48. The Kier molecular flexibility index (Phi) is 6.22. The van der Waals surface area contributed by atoms with E-state index in [0.717, 1.165) is 0 Å². The molecule has 5 N–H and O–H groups in total. The van der Waals surface area contributed by atoms with Gasteiger partial charge in [-0.05, 0) is 48.9 Å². The highest BCUT2D eigenvalue weighted by Gasteiger charge is 2.44. The standard InChI is InChI=1S/C20H22N4O5/c1-20(18(27)28,17(26)24(2)3)13-6-10-15(11-7-13)29-16(25)12-4-8-14(9-5-12)23-19(21)22/h4-11H,1-3H3,(H,27,28)(H4,21,22,23). The zero-order valence-corrected chi connectivity index (χ0v) is 16.2. The van der Waals surface area contributed by atoms with E-state index in [-0.39, 0.29) is 22.8 Å². The molecule has 152 valence electrons. The number of ether oxygens (including phenoxy) is 1. The van der Waals surface area contributed by atoms with Crippen molar-refractivity contribution in [1.29, 1.82) is 5.41 Å². The molecule has 2 aromatic carbocycles. The van der Waals surface area contributed by atoms with Crippen LogP contribution in [-0.2, 0) is 15.0 Å². The molecule has 0 fully saturated rings. The average Bonchev–Trinajstić information content (AvgIpc) is 2.67. The van der Waals surface area contributed by atoms with Crippen LogP contribution < -0.4 is 15.8 Å². The number of amides is 1. The number of carboxylic acids is 1. The highest BCUT2D eigenvalue weighted by Crippen LogP contribution is 2.28. The maximum absolute atomic E-state index is 12.4. The molecular weight excluding hydrogens is 376 g/mol. The number of nitrogens with two attached hydrogens (primary N) is 1. The van der Waals surface area contributed by atoms with Crippen LogP contribution in [0.4, 0.5) is 5.69 Å². The van der Waals surface area contributed by atoms with Gasteiger partial charge >= 0.3 is 11.9 Å². The molecule has 0 heterocycles. The number of benzene rings is 2. The van der Waals surface area contributed by atoms with E-state index in [4.69, 9.17) is 15.9 Å². The quantitative estimate of drug-likeness (QED) is 0.190. The van der Waals surface area contributed by atoms with Gasteiger partial charge in [-0.3, -0.25) is 15.0 Å². The molecule has 1 amide bonds. The number of guanidine groups is 1. The van der Waals surface area contributed by atoms with Crippen molar-refractivity contribution in [2.75, 3.05) is 19.4 Å². The Morgan fingerprint density at radius 2 is 1.62 bits per heavy atom. The Bertz CT molecular complexity index is 938. The van der Waals surface area contributed by atoms with Gasteiger partial charge in [0.15, 0.2) is 11.4 Å². The second kappa shape index (κ2) is 8.42. The molecule has 0 saturated carbocycles. The number of likely N-dealkylation sites (N-methyl/N-ethyl adjacent to an activating group) is 1. The second-order valence-corrected chi connectivity index (χ2v) is 6.66. The van der Waals surface area contributed by atoms with Crippen LogP contribution in [0.2, 0.25) is 0 Å². The molecule has 2 aromatic rings. The Morgan fingerprint density at radius 1 is 1.07 bits per heavy atom. The zero-order chi connectivity index (χ0) is 21.8. The minimum Gasteiger partial charge on any atom is -0.480 e. The first kappa shape index (κ1) is 21.4. The van der Waals surface area contributed by atoms with Crippen LogP contribution in [0.3, 0.4) is 0 Å². The molecule has 9 nitrogen and oxygen atoms in total. The van der Waals surface area contributed by atoms with Crippen molar-refractivity contribution in [3.8, 4) is 5.75 Å². The molecule has 0 aliphatic heterocycles. The largest absolute Gasteiger partial charge is 0.480 e.